The largest absolute Gasteiger partial charge is 0.394 e. The summed E-state index contributed by atoms with van der Waals surface area (Å²) in [5.74, 6) is -2.65. The van der Waals surface area contributed by atoms with Gasteiger partial charge in [-0.2, -0.15) is 8.42 Å². The zero-order valence-corrected chi connectivity index (χ0v) is 33.6. The van der Waals surface area contributed by atoms with Gasteiger partial charge in [-0.3, -0.25) is 4.79 Å². The number of hydrogen-bond acceptors (Lipinski definition) is 15. The van der Waals surface area contributed by atoms with Gasteiger partial charge >= 0.3 is 10.1 Å². The van der Waals surface area contributed by atoms with Crippen molar-refractivity contribution in [3.63, 3.8) is 0 Å². The Balaban J connectivity index is 0.990. The van der Waals surface area contributed by atoms with Crippen molar-refractivity contribution in [3.05, 3.63) is 120 Å². The number of hydrogen-bond donors (Lipinski definition) is 8. The lowest BCUT2D eigenvalue weighted by Crippen LogP contribution is -2.65. The van der Waals surface area contributed by atoms with E-state index in [2.05, 4.69) is 0 Å². The van der Waals surface area contributed by atoms with Crippen LogP contribution in [-0.2, 0) is 29.1 Å². The predicted octanol–water partition coefficient (Wildman–Crippen LogP) is 1.22. The second kappa shape index (κ2) is 19.1. The number of halogens is 2. The number of nitrogens with zero attached hydrogens (tertiary/aromatic N) is 1. The first-order valence-corrected chi connectivity index (χ1v) is 21.4. The van der Waals surface area contributed by atoms with Crippen LogP contribution < -0.4 is 9.08 Å². The molecule has 13 atom stereocenters. The lowest BCUT2D eigenvalue weighted by molar-refractivity contribution is -0.341. The van der Waals surface area contributed by atoms with Gasteiger partial charge in [-0.15, -0.1) is 0 Å². The quantitative estimate of drug-likeness (QED) is 0.0618. The third-order valence-electron chi connectivity index (χ3n) is 11.5. The van der Waals surface area contributed by atoms with Gasteiger partial charge in [0.15, 0.2) is 6.29 Å². The SMILES string of the molecule is O=C1[C@H](CC[C@H](O)c2ccc(F)cc2)[C@@H](c2ccc(-c3ccc(OS(=O)(=O)CC4O[C@H](CO)C(OC5O[C@H](CO)[C@@H](O)[C@H](O)[C@H]5O)[C@H](O)[C@H]4O)cc3)cc2)N1c1ccc(F)cc1. The summed E-state index contributed by atoms with van der Waals surface area (Å²) in [6, 6.07) is 23.9. The van der Waals surface area contributed by atoms with Crippen molar-refractivity contribution < 1.29 is 81.2 Å². The summed E-state index contributed by atoms with van der Waals surface area (Å²) in [5, 5.41) is 82.4. The Labute approximate surface area is 354 Å². The molecule has 19 heteroatoms. The van der Waals surface area contributed by atoms with E-state index in [0.717, 1.165) is 11.1 Å². The van der Waals surface area contributed by atoms with E-state index in [1.165, 1.54) is 60.7 Å². The summed E-state index contributed by atoms with van der Waals surface area (Å²) < 4.78 is 75.2. The van der Waals surface area contributed by atoms with Crippen molar-refractivity contribution in [2.24, 2.45) is 5.92 Å². The van der Waals surface area contributed by atoms with Crippen LogP contribution in [0.4, 0.5) is 14.5 Å². The highest BCUT2D eigenvalue weighted by Crippen LogP contribution is 2.47. The monoisotopic (exact) mass is 887 g/mol. The van der Waals surface area contributed by atoms with Gasteiger partial charge in [0.05, 0.1) is 31.3 Å². The van der Waals surface area contributed by atoms with E-state index < -0.39 is 120 Å². The molecule has 3 heterocycles. The van der Waals surface area contributed by atoms with E-state index in [4.69, 9.17) is 18.4 Å². The van der Waals surface area contributed by atoms with Crippen LogP contribution in [0.2, 0.25) is 0 Å². The number of ether oxygens (including phenoxy) is 3. The van der Waals surface area contributed by atoms with Crippen LogP contribution in [0, 0.1) is 17.6 Å². The first-order valence-electron chi connectivity index (χ1n) is 19.8. The van der Waals surface area contributed by atoms with Crippen molar-refractivity contribution in [2.45, 2.75) is 86.2 Å². The first kappa shape index (κ1) is 45.5. The molecule has 1 amide bonds. The standard InChI is InChI=1S/C43H47F2NO15S/c44-26-9-5-24(6-10-26)31(49)18-17-30-35(46(42(30)55)28-13-11-27(45)12-14-28)25-3-1-22(2-4-25)23-7-15-29(16-8-23)61-62(56,57)21-34-37(51)39(53)41(33(20-48)58-34)60-43-40(54)38(52)36(50)32(19-47)59-43/h1-16,30-41,43,47-54H,17-21H2/t30-,31+,32-,33-,34?,35-,36-,37+,38+,39-,40-,41?,43?/m1/s1. The van der Waals surface area contributed by atoms with Gasteiger partial charge in [0, 0.05) is 5.69 Å². The van der Waals surface area contributed by atoms with Gasteiger partial charge in [-0.05, 0) is 83.6 Å². The molecule has 7 rings (SSSR count). The minimum Gasteiger partial charge on any atom is -0.394 e. The number of anilines is 1. The molecule has 0 radical (unpaired) electrons. The van der Waals surface area contributed by atoms with Gasteiger partial charge in [0.1, 0.15) is 78.1 Å². The number of benzene rings is 4. The Morgan fingerprint density at radius 3 is 1.84 bits per heavy atom. The van der Waals surface area contributed by atoms with Crippen LogP contribution in [0.25, 0.3) is 11.1 Å². The maximum atomic E-state index is 13.8. The van der Waals surface area contributed by atoms with Crippen molar-refractivity contribution in [3.8, 4) is 16.9 Å². The van der Waals surface area contributed by atoms with E-state index in [9.17, 15) is 62.8 Å². The number of rotatable bonds is 15. The maximum Gasteiger partial charge on any atom is 0.311 e. The topological polar surface area (TPSA) is 253 Å². The lowest BCUT2D eigenvalue weighted by Gasteiger charge is -2.48. The Morgan fingerprint density at radius 1 is 0.677 bits per heavy atom. The molecule has 3 saturated heterocycles. The molecule has 334 valence electrons. The van der Waals surface area contributed by atoms with Crippen LogP contribution in [0.5, 0.6) is 5.75 Å². The molecule has 8 N–H and O–H groups in total. The second-order valence-corrected chi connectivity index (χ2v) is 17.1. The fourth-order valence-electron chi connectivity index (χ4n) is 8.05. The number of carbonyl (C=O) groups excluding carboxylic acids is 1. The van der Waals surface area contributed by atoms with Gasteiger partial charge in [-0.1, -0.05) is 48.5 Å². The molecule has 0 bridgehead atoms. The third kappa shape index (κ3) is 9.69. The van der Waals surface area contributed by atoms with Crippen molar-refractivity contribution in [2.75, 3.05) is 23.9 Å². The summed E-state index contributed by atoms with van der Waals surface area (Å²) in [5.41, 5.74) is 3.21. The normalized spacial score (nSPS) is 30.7. The fraction of sp³-hybridized carbons (Fsp3) is 0.419. The van der Waals surface area contributed by atoms with Gasteiger partial charge in [0.25, 0.3) is 0 Å². The average molecular weight is 888 g/mol. The predicted molar refractivity (Wildman–Crippen MR) is 213 cm³/mol. The number of β-lactam (4-membered cyclic amide) rings is 1. The van der Waals surface area contributed by atoms with Crippen LogP contribution in [-0.4, -0.2) is 135 Å². The Morgan fingerprint density at radius 2 is 1.24 bits per heavy atom. The molecule has 0 aromatic heterocycles. The molecular formula is C43H47F2NO15S. The van der Waals surface area contributed by atoms with Gasteiger partial charge in [-0.25, -0.2) is 8.78 Å². The summed E-state index contributed by atoms with van der Waals surface area (Å²) >= 11 is 0. The second-order valence-electron chi connectivity index (χ2n) is 15.5. The fourth-order valence-corrected chi connectivity index (χ4v) is 9.20. The number of amides is 1. The summed E-state index contributed by atoms with van der Waals surface area (Å²) in [7, 11) is -4.51. The Hall–Kier alpha value is -4.48. The van der Waals surface area contributed by atoms with Crippen LogP contribution in [0.3, 0.4) is 0 Å². The summed E-state index contributed by atoms with van der Waals surface area (Å²) in [4.78, 5) is 15.1. The van der Waals surface area contributed by atoms with E-state index >= 15 is 0 Å². The van der Waals surface area contributed by atoms with E-state index in [0.29, 0.717) is 23.2 Å². The molecule has 4 aromatic carbocycles. The molecular weight excluding hydrogens is 841 g/mol. The van der Waals surface area contributed by atoms with Crippen molar-refractivity contribution in [1.82, 2.24) is 0 Å². The zero-order chi connectivity index (χ0) is 44.5. The van der Waals surface area contributed by atoms with Crippen LogP contribution >= 0.6 is 0 Å². The third-order valence-corrected chi connectivity index (χ3v) is 12.6. The highest BCUT2D eigenvalue weighted by Gasteiger charge is 2.52. The molecule has 62 heavy (non-hydrogen) atoms. The number of aliphatic hydroxyl groups excluding tert-OH is 8. The minimum atomic E-state index is -4.51. The number of aliphatic hydroxyl groups is 8. The molecule has 4 aromatic rings. The molecule has 0 saturated carbocycles. The Kier molecular flexibility index (Phi) is 14.0. The van der Waals surface area contributed by atoms with E-state index in [1.54, 1.807) is 17.0 Å². The molecule has 0 spiro atoms. The molecule has 3 fully saturated rings. The number of carbonyl (C=O) groups is 1. The lowest BCUT2D eigenvalue weighted by atomic mass is 9.78. The Bertz CT molecular complexity index is 2230. The van der Waals surface area contributed by atoms with Gasteiger partial charge in [0.2, 0.25) is 5.91 Å². The maximum absolute atomic E-state index is 13.8. The first-order chi connectivity index (χ1) is 29.6. The minimum absolute atomic E-state index is 0.0904. The molecule has 3 unspecified atom stereocenters. The highest BCUT2D eigenvalue weighted by molar-refractivity contribution is 7.87. The van der Waals surface area contributed by atoms with Crippen molar-refractivity contribution >= 4 is 21.7 Å². The summed E-state index contributed by atoms with van der Waals surface area (Å²) in [6.07, 6.45) is -17.4. The van der Waals surface area contributed by atoms with Crippen molar-refractivity contribution in [1.29, 1.82) is 0 Å². The van der Waals surface area contributed by atoms with Crippen LogP contribution in [0.15, 0.2) is 97.1 Å². The molecule has 0 aliphatic carbocycles. The molecule has 3 aliphatic rings. The molecule has 16 nitrogen and oxygen atoms in total. The summed E-state index contributed by atoms with van der Waals surface area (Å²) in [6.45, 7) is -1.61. The average Bonchev–Trinajstić information content (AvgIpc) is 3.26. The van der Waals surface area contributed by atoms with E-state index in [-0.39, 0.29) is 18.1 Å². The smallest absolute Gasteiger partial charge is 0.311 e. The van der Waals surface area contributed by atoms with Gasteiger partial charge < -0.3 is 64.1 Å². The highest BCUT2D eigenvalue weighted by atomic mass is 32.2. The van der Waals surface area contributed by atoms with E-state index in [1.807, 2.05) is 24.3 Å². The zero-order valence-electron chi connectivity index (χ0n) is 32.8. The van der Waals surface area contributed by atoms with Crippen LogP contribution in [0.1, 0.15) is 36.1 Å². The molecule has 3 aliphatic heterocycles.